The number of fused-ring (bicyclic) bond motifs is 1. The van der Waals surface area contributed by atoms with Gasteiger partial charge in [0.1, 0.15) is 5.75 Å². The first-order valence-electron chi connectivity index (χ1n) is 7.15. The number of nitrogens with one attached hydrogen (secondary N) is 1. The molecule has 2 aromatic carbocycles. The van der Waals surface area contributed by atoms with Crippen LogP contribution in [0, 0.1) is 0 Å². The molecule has 1 heterocycles. The van der Waals surface area contributed by atoms with Gasteiger partial charge in [0.25, 0.3) is 0 Å². The molecule has 0 bridgehead atoms. The first kappa shape index (κ1) is 16.4. The average molecular weight is 398 g/mol. The number of aliphatic hydroxyl groups is 1. The van der Waals surface area contributed by atoms with E-state index in [0.29, 0.717) is 16.6 Å². The zero-order chi connectivity index (χ0) is 16.4. The molecule has 5 nitrogen and oxygen atoms in total. The normalized spacial score (nSPS) is 15.0. The molecule has 2 aromatic rings. The molecule has 0 aliphatic carbocycles. The van der Waals surface area contributed by atoms with Gasteiger partial charge in [-0.1, -0.05) is 18.2 Å². The van der Waals surface area contributed by atoms with Crippen molar-refractivity contribution in [3.63, 3.8) is 0 Å². The van der Waals surface area contributed by atoms with Crippen molar-refractivity contribution in [2.45, 2.75) is 17.4 Å². The van der Waals surface area contributed by atoms with Crippen LogP contribution in [0.3, 0.4) is 0 Å². The monoisotopic (exact) mass is 397 g/mol. The van der Waals surface area contributed by atoms with Gasteiger partial charge in [-0.15, -0.1) is 0 Å². The number of hydrogen-bond acceptors (Lipinski definition) is 4. The summed E-state index contributed by atoms with van der Waals surface area (Å²) in [6.45, 7) is 0.548. The van der Waals surface area contributed by atoms with E-state index < -0.39 is 16.1 Å². The summed E-state index contributed by atoms with van der Waals surface area (Å²) in [5, 5.41) is 10.3. The van der Waals surface area contributed by atoms with E-state index in [-0.39, 0.29) is 11.4 Å². The maximum absolute atomic E-state index is 12.3. The molecule has 0 radical (unpaired) electrons. The molecule has 0 fully saturated rings. The lowest BCUT2D eigenvalue weighted by Crippen LogP contribution is -2.28. The number of hydrogen-bond donors (Lipinski definition) is 2. The average Bonchev–Trinajstić information content (AvgIpc) is 3.00. The highest BCUT2D eigenvalue weighted by atomic mass is 79.9. The van der Waals surface area contributed by atoms with E-state index in [9.17, 15) is 13.5 Å². The van der Waals surface area contributed by atoms with Crippen LogP contribution in [0.1, 0.15) is 17.2 Å². The lowest BCUT2D eigenvalue weighted by molar-refractivity contribution is 0.182. The number of rotatable bonds is 5. The summed E-state index contributed by atoms with van der Waals surface area (Å²) in [4.78, 5) is 0.148. The zero-order valence-corrected chi connectivity index (χ0v) is 14.6. The van der Waals surface area contributed by atoms with Crippen molar-refractivity contribution in [2.75, 3.05) is 13.2 Å². The minimum absolute atomic E-state index is 0.0939. The van der Waals surface area contributed by atoms with Crippen LogP contribution in [0.2, 0.25) is 0 Å². The van der Waals surface area contributed by atoms with Crippen molar-refractivity contribution < 1.29 is 18.3 Å². The van der Waals surface area contributed by atoms with Crippen LogP contribution in [-0.2, 0) is 16.4 Å². The molecule has 1 aliphatic rings. The van der Waals surface area contributed by atoms with Crippen molar-refractivity contribution in [3.05, 3.63) is 58.1 Å². The van der Waals surface area contributed by atoms with Crippen LogP contribution in [-0.4, -0.2) is 26.7 Å². The quantitative estimate of drug-likeness (QED) is 0.811. The third kappa shape index (κ3) is 3.58. The van der Waals surface area contributed by atoms with Gasteiger partial charge in [-0.05, 0) is 51.3 Å². The summed E-state index contributed by atoms with van der Waals surface area (Å²) in [6.07, 6.45) is -0.114. The van der Waals surface area contributed by atoms with Gasteiger partial charge in [0.15, 0.2) is 0 Å². The van der Waals surface area contributed by atoms with Crippen LogP contribution in [0.25, 0.3) is 0 Å². The molecule has 23 heavy (non-hydrogen) atoms. The van der Waals surface area contributed by atoms with Crippen molar-refractivity contribution >= 4 is 26.0 Å². The Bertz CT molecular complexity index is 823. The molecule has 0 saturated heterocycles. The molecule has 1 aliphatic heterocycles. The van der Waals surface area contributed by atoms with E-state index >= 15 is 0 Å². The van der Waals surface area contributed by atoms with Crippen molar-refractivity contribution in [1.29, 1.82) is 0 Å². The largest absolute Gasteiger partial charge is 0.493 e. The molecular weight excluding hydrogens is 382 g/mol. The van der Waals surface area contributed by atoms with E-state index in [1.807, 2.05) is 12.1 Å². The summed E-state index contributed by atoms with van der Waals surface area (Å²) < 4.78 is 33.0. The summed E-state index contributed by atoms with van der Waals surface area (Å²) in [5.74, 6) is 0.828. The van der Waals surface area contributed by atoms with Crippen LogP contribution in [0.4, 0.5) is 0 Å². The fourth-order valence-corrected chi connectivity index (χ4v) is 4.50. The minimum atomic E-state index is -3.69. The third-order valence-electron chi connectivity index (χ3n) is 3.69. The van der Waals surface area contributed by atoms with Crippen LogP contribution in [0.15, 0.2) is 51.8 Å². The van der Waals surface area contributed by atoms with E-state index in [1.165, 1.54) is 6.07 Å². The predicted octanol–water partition coefficient (Wildman–Crippen LogP) is 2.40. The smallest absolute Gasteiger partial charge is 0.241 e. The van der Waals surface area contributed by atoms with E-state index in [0.717, 1.165) is 17.7 Å². The highest BCUT2D eigenvalue weighted by molar-refractivity contribution is 9.10. The van der Waals surface area contributed by atoms with Crippen LogP contribution >= 0.6 is 15.9 Å². The minimum Gasteiger partial charge on any atom is -0.493 e. The Hall–Kier alpha value is -1.41. The molecule has 3 rings (SSSR count). The highest BCUT2D eigenvalue weighted by Crippen LogP contribution is 2.28. The summed E-state index contributed by atoms with van der Waals surface area (Å²) in [5.41, 5.74) is 1.71. The Balaban J connectivity index is 1.71. The Labute approximate surface area is 143 Å². The van der Waals surface area contributed by atoms with E-state index in [2.05, 4.69) is 20.7 Å². The van der Waals surface area contributed by atoms with Crippen molar-refractivity contribution in [2.24, 2.45) is 0 Å². The second-order valence-electron chi connectivity index (χ2n) is 5.26. The topological polar surface area (TPSA) is 75.6 Å². The molecule has 0 saturated carbocycles. The van der Waals surface area contributed by atoms with Gasteiger partial charge < -0.3 is 9.84 Å². The Morgan fingerprint density at radius 2 is 2.04 bits per heavy atom. The fourth-order valence-electron chi connectivity index (χ4n) is 2.46. The van der Waals surface area contributed by atoms with Crippen molar-refractivity contribution in [3.8, 4) is 5.75 Å². The first-order chi connectivity index (χ1) is 11.0. The first-order valence-corrected chi connectivity index (χ1v) is 9.43. The lowest BCUT2D eigenvalue weighted by Gasteiger charge is -2.14. The zero-order valence-electron chi connectivity index (χ0n) is 12.2. The molecule has 0 amide bonds. The van der Waals surface area contributed by atoms with Gasteiger partial charge in [-0.2, -0.15) is 0 Å². The maximum Gasteiger partial charge on any atom is 0.241 e. The van der Waals surface area contributed by atoms with Gasteiger partial charge in [0.2, 0.25) is 10.0 Å². The summed E-state index contributed by atoms with van der Waals surface area (Å²) >= 11 is 3.22. The van der Waals surface area contributed by atoms with Crippen LogP contribution in [0.5, 0.6) is 5.75 Å². The van der Waals surface area contributed by atoms with Crippen LogP contribution < -0.4 is 9.46 Å². The number of ether oxygens (including phenoxy) is 1. The van der Waals surface area contributed by atoms with Crippen molar-refractivity contribution in [1.82, 2.24) is 4.72 Å². The van der Waals surface area contributed by atoms with Gasteiger partial charge >= 0.3 is 0 Å². The number of halogens is 1. The molecule has 0 aromatic heterocycles. The SMILES string of the molecule is O=S(=O)(NC[C@@H](O)c1ccc2c(c1)CCO2)c1ccccc1Br. The molecule has 0 unspecified atom stereocenters. The maximum atomic E-state index is 12.3. The highest BCUT2D eigenvalue weighted by Gasteiger charge is 2.20. The second-order valence-corrected chi connectivity index (χ2v) is 7.85. The molecule has 2 N–H and O–H groups in total. The fraction of sp³-hybridized carbons (Fsp3) is 0.250. The van der Waals surface area contributed by atoms with Gasteiger partial charge in [-0.3, -0.25) is 0 Å². The molecule has 122 valence electrons. The lowest BCUT2D eigenvalue weighted by atomic mass is 10.0. The summed E-state index contributed by atoms with van der Waals surface area (Å²) in [6, 6.07) is 12.0. The number of benzene rings is 2. The van der Waals surface area contributed by atoms with E-state index in [1.54, 1.807) is 24.3 Å². The predicted molar refractivity (Wildman–Crippen MR) is 89.9 cm³/mol. The molecule has 1 atom stereocenters. The Kier molecular flexibility index (Phi) is 4.72. The third-order valence-corrected chi connectivity index (χ3v) is 6.13. The number of aliphatic hydroxyl groups excluding tert-OH is 1. The standard InChI is InChI=1S/C16H16BrNO4S/c17-13-3-1-2-4-16(13)23(20,21)18-10-14(19)11-5-6-15-12(9-11)7-8-22-15/h1-6,9,14,18-19H,7-8,10H2/t14-/m1/s1. The van der Waals surface area contributed by atoms with Gasteiger partial charge in [0.05, 0.1) is 17.6 Å². The Morgan fingerprint density at radius 1 is 1.26 bits per heavy atom. The number of sulfonamides is 1. The second kappa shape index (κ2) is 6.60. The van der Waals surface area contributed by atoms with Gasteiger partial charge in [-0.25, -0.2) is 13.1 Å². The molecule has 0 spiro atoms. The molecular formula is C16H16BrNO4S. The van der Waals surface area contributed by atoms with Gasteiger partial charge in [0, 0.05) is 17.4 Å². The summed E-state index contributed by atoms with van der Waals surface area (Å²) in [7, 11) is -3.69. The van der Waals surface area contributed by atoms with E-state index in [4.69, 9.17) is 4.74 Å². The Morgan fingerprint density at radius 3 is 2.83 bits per heavy atom. The molecule has 7 heteroatoms.